The third kappa shape index (κ3) is 3.81. The first-order valence-corrected chi connectivity index (χ1v) is 9.54. The molecule has 156 valence electrons. The summed E-state index contributed by atoms with van der Waals surface area (Å²) < 4.78 is 15.7. The molecule has 0 aliphatic carbocycles. The van der Waals surface area contributed by atoms with Crippen LogP contribution in [0.5, 0.6) is 11.5 Å². The highest BCUT2D eigenvalue weighted by molar-refractivity contribution is 6.16. The monoisotopic (exact) mass is 407 g/mol. The lowest BCUT2D eigenvalue weighted by atomic mass is 10.0. The lowest BCUT2D eigenvalue weighted by molar-refractivity contribution is -0.136. The molecule has 6 nitrogen and oxygen atoms in total. The molecule has 0 radical (unpaired) electrons. The van der Waals surface area contributed by atoms with Crippen molar-refractivity contribution in [2.24, 2.45) is 0 Å². The highest BCUT2D eigenvalue weighted by atomic mass is 16.5. The quantitative estimate of drug-likeness (QED) is 0.532. The number of esters is 1. The summed E-state index contributed by atoms with van der Waals surface area (Å²) in [4.78, 5) is 27.6. The summed E-state index contributed by atoms with van der Waals surface area (Å²) in [5.74, 6) is 0.349. The van der Waals surface area contributed by atoms with Gasteiger partial charge in [-0.15, -0.1) is 0 Å². The van der Waals surface area contributed by atoms with Crippen LogP contribution in [0.2, 0.25) is 0 Å². The van der Waals surface area contributed by atoms with Gasteiger partial charge in [-0.25, -0.2) is 4.79 Å². The fourth-order valence-corrected chi connectivity index (χ4v) is 3.64. The van der Waals surface area contributed by atoms with Crippen LogP contribution in [0.1, 0.15) is 31.0 Å². The molecule has 0 N–H and O–H groups in total. The standard InChI is InChI=1S/C24H25NO5/c1-15(17-9-7-6-8-10-17)25-16(2)22(24(27)30-5)20(23(25)26)13-18-11-12-19(28-3)14-21(18)29-4/h6-15H,1-5H3/b20-13-/t15-/m1/s1. The Morgan fingerprint density at radius 2 is 1.73 bits per heavy atom. The van der Waals surface area contributed by atoms with Crippen molar-refractivity contribution in [1.82, 2.24) is 4.90 Å². The maximum Gasteiger partial charge on any atom is 0.340 e. The first kappa shape index (κ1) is 21.2. The van der Waals surface area contributed by atoms with E-state index in [0.717, 1.165) is 5.56 Å². The molecular formula is C24H25NO5. The van der Waals surface area contributed by atoms with Gasteiger partial charge in [-0.1, -0.05) is 30.3 Å². The SMILES string of the molecule is COC(=O)C1=C(C)N([C@H](C)c2ccccc2)C(=O)/C1=C\c1ccc(OC)cc1OC. The van der Waals surface area contributed by atoms with Crippen molar-refractivity contribution in [3.05, 3.63) is 76.5 Å². The summed E-state index contributed by atoms with van der Waals surface area (Å²) in [6.45, 7) is 3.69. The van der Waals surface area contributed by atoms with Gasteiger partial charge in [-0.05, 0) is 37.6 Å². The predicted octanol–water partition coefficient (Wildman–Crippen LogP) is 4.14. The summed E-state index contributed by atoms with van der Waals surface area (Å²) in [5.41, 5.74) is 2.71. The number of nitrogens with zero attached hydrogens (tertiary/aromatic N) is 1. The zero-order valence-corrected chi connectivity index (χ0v) is 17.8. The van der Waals surface area contributed by atoms with E-state index in [1.165, 1.54) is 7.11 Å². The molecular weight excluding hydrogens is 382 g/mol. The molecule has 6 heteroatoms. The number of hydrogen-bond donors (Lipinski definition) is 0. The summed E-state index contributed by atoms with van der Waals surface area (Å²) in [6.07, 6.45) is 1.66. The van der Waals surface area contributed by atoms with E-state index in [-0.39, 0.29) is 23.1 Å². The van der Waals surface area contributed by atoms with E-state index >= 15 is 0 Å². The smallest absolute Gasteiger partial charge is 0.340 e. The lowest BCUT2D eigenvalue weighted by Crippen LogP contribution is -2.28. The van der Waals surface area contributed by atoms with Crippen LogP contribution >= 0.6 is 0 Å². The summed E-state index contributed by atoms with van der Waals surface area (Å²) >= 11 is 0. The first-order chi connectivity index (χ1) is 14.4. The molecule has 2 aromatic rings. The van der Waals surface area contributed by atoms with E-state index in [4.69, 9.17) is 14.2 Å². The molecule has 0 aromatic heterocycles. The van der Waals surface area contributed by atoms with Gasteiger partial charge >= 0.3 is 5.97 Å². The zero-order chi connectivity index (χ0) is 21.8. The molecule has 1 atom stereocenters. The Kier molecular flexibility index (Phi) is 6.26. The van der Waals surface area contributed by atoms with Gasteiger partial charge in [0, 0.05) is 17.3 Å². The minimum absolute atomic E-state index is 0.248. The average Bonchev–Trinajstić information content (AvgIpc) is 3.02. The second-order valence-corrected chi connectivity index (χ2v) is 6.88. The van der Waals surface area contributed by atoms with Gasteiger partial charge in [0.05, 0.1) is 38.5 Å². The van der Waals surface area contributed by atoms with Crippen LogP contribution in [-0.4, -0.2) is 38.1 Å². The summed E-state index contributed by atoms with van der Waals surface area (Å²) in [7, 11) is 4.42. The van der Waals surface area contributed by atoms with Crippen molar-refractivity contribution < 1.29 is 23.8 Å². The van der Waals surface area contributed by atoms with Gasteiger partial charge < -0.3 is 19.1 Å². The molecule has 0 fully saturated rings. The molecule has 0 bridgehead atoms. The van der Waals surface area contributed by atoms with Gasteiger partial charge in [-0.2, -0.15) is 0 Å². The predicted molar refractivity (Wildman–Crippen MR) is 114 cm³/mol. The molecule has 30 heavy (non-hydrogen) atoms. The van der Waals surface area contributed by atoms with Crippen LogP contribution in [0.3, 0.4) is 0 Å². The molecule has 3 rings (SSSR count). The van der Waals surface area contributed by atoms with Gasteiger partial charge in [0.2, 0.25) is 0 Å². The molecule has 0 saturated carbocycles. The van der Waals surface area contributed by atoms with E-state index < -0.39 is 5.97 Å². The number of methoxy groups -OCH3 is 3. The summed E-state index contributed by atoms with van der Waals surface area (Å²) in [6, 6.07) is 14.7. The number of carbonyl (C=O) groups excluding carboxylic acids is 2. The third-order valence-electron chi connectivity index (χ3n) is 5.24. The summed E-state index contributed by atoms with van der Waals surface area (Å²) in [5, 5.41) is 0. The third-order valence-corrected chi connectivity index (χ3v) is 5.24. The number of hydrogen-bond acceptors (Lipinski definition) is 5. The Balaban J connectivity index is 2.11. The van der Waals surface area contributed by atoms with Crippen LogP contribution in [0, 0.1) is 0 Å². The van der Waals surface area contributed by atoms with E-state index in [1.54, 1.807) is 50.3 Å². The molecule has 1 aliphatic rings. The first-order valence-electron chi connectivity index (χ1n) is 9.54. The van der Waals surface area contributed by atoms with Crippen molar-refractivity contribution in [3.8, 4) is 11.5 Å². The molecule has 0 spiro atoms. The average molecular weight is 407 g/mol. The van der Waals surface area contributed by atoms with Gasteiger partial charge in [0.25, 0.3) is 5.91 Å². The number of allylic oxidation sites excluding steroid dienone is 1. The highest BCUT2D eigenvalue weighted by Gasteiger charge is 2.39. The molecule has 0 unspecified atom stereocenters. The maximum absolute atomic E-state index is 13.4. The van der Waals surface area contributed by atoms with Crippen LogP contribution < -0.4 is 9.47 Å². The van der Waals surface area contributed by atoms with E-state index in [2.05, 4.69) is 0 Å². The number of rotatable bonds is 6. The normalized spacial score (nSPS) is 16.1. The molecule has 2 aromatic carbocycles. The van der Waals surface area contributed by atoms with Crippen molar-refractivity contribution in [2.45, 2.75) is 19.9 Å². The Bertz CT molecular complexity index is 1020. The Morgan fingerprint density at radius 1 is 1.03 bits per heavy atom. The maximum atomic E-state index is 13.4. The Labute approximate surface area is 176 Å². The fraction of sp³-hybridized carbons (Fsp3) is 0.250. The minimum atomic E-state index is -0.553. The highest BCUT2D eigenvalue weighted by Crippen LogP contribution is 2.38. The molecule has 1 aliphatic heterocycles. The second kappa shape index (κ2) is 8.86. The number of carbonyl (C=O) groups is 2. The van der Waals surface area contributed by atoms with Crippen LogP contribution in [0.4, 0.5) is 0 Å². The zero-order valence-electron chi connectivity index (χ0n) is 17.8. The number of amides is 1. The van der Waals surface area contributed by atoms with Crippen LogP contribution in [0.15, 0.2) is 65.4 Å². The molecule has 1 heterocycles. The van der Waals surface area contributed by atoms with E-state index in [1.807, 2.05) is 37.3 Å². The van der Waals surface area contributed by atoms with Crippen molar-refractivity contribution in [2.75, 3.05) is 21.3 Å². The van der Waals surface area contributed by atoms with E-state index in [9.17, 15) is 9.59 Å². The Morgan fingerprint density at radius 3 is 2.33 bits per heavy atom. The van der Waals surface area contributed by atoms with Crippen LogP contribution in [-0.2, 0) is 14.3 Å². The minimum Gasteiger partial charge on any atom is -0.497 e. The molecule has 0 saturated heterocycles. The number of benzene rings is 2. The fourth-order valence-electron chi connectivity index (χ4n) is 3.64. The van der Waals surface area contributed by atoms with Crippen molar-refractivity contribution >= 4 is 18.0 Å². The largest absolute Gasteiger partial charge is 0.497 e. The van der Waals surface area contributed by atoms with Gasteiger partial charge in [0.1, 0.15) is 11.5 Å². The topological polar surface area (TPSA) is 65.1 Å². The van der Waals surface area contributed by atoms with Crippen LogP contribution in [0.25, 0.3) is 6.08 Å². The van der Waals surface area contributed by atoms with Crippen molar-refractivity contribution in [3.63, 3.8) is 0 Å². The van der Waals surface area contributed by atoms with Crippen molar-refractivity contribution in [1.29, 1.82) is 0 Å². The number of ether oxygens (including phenoxy) is 3. The lowest BCUT2D eigenvalue weighted by Gasteiger charge is -2.26. The van der Waals surface area contributed by atoms with E-state index in [0.29, 0.717) is 22.8 Å². The van der Waals surface area contributed by atoms with Gasteiger partial charge in [-0.3, -0.25) is 4.79 Å². The Hall–Kier alpha value is -3.54. The molecule has 1 amide bonds. The van der Waals surface area contributed by atoms with Gasteiger partial charge in [0.15, 0.2) is 0 Å². The second-order valence-electron chi connectivity index (χ2n) is 6.88.